The van der Waals surface area contributed by atoms with E-state index in [0.29, 0.717) is 17.3 Å². The zero-order valence-electron chi connectivity index (χ0n) is 12.2. The Morgan fingerprint density at radius 3 is 2.90 bits per heavy atom. The zero-order chi connectivity index (χ0) is 14.6. The van der Waals surface area contributed by atoms with Crippen LogP contribution >= 0.6 is 0 Å². The summed E-state index contributed by atoms with van der Waals surface area (Å²) < 4.78 is 27.4. The summed E-state index contributed by atoms with van der Waals surface area (Å²) in [5.41, 5.74) is 0. The second-order valence-electron chi connectivity index (χ2n) is 5.15. The van der Waals surface area contributed by atoms with Crippen LogP contribution in [0.4, 0.5) is 5.82 Å². The minimum Gasteiger partial charge on any atom is -0.373 e. The molecule has 0 aliphatic carbocycles. The van der Waals surface area contributed by atoms with Gasteiger partial charge in [0, 0.05) is 31.9 Å². The maximum atomic E-state index is 12.8. The van der Waals surface area contributed by atoms with Gasteiger partial charge in [0.25, 0.3) is 0 Å². The highest BCUT2D eigenvalue weighted by Crippen LogP contribution is 2.26. The molecule has 5 nitrogen and oxygen atoms in total. The number of rotatable bonds is 4. The number of nitrogens with zero attached hydrogens (tertiary/aromatic N) is 2. The number of aromatic nitrogens is 1. The van der Waals surface area contributed by atoms with Gasteiger partial charge in [0.2, 0.25) is 10.0 Å². The van der Waals surface area contributed by atoms with E-state index in [1.165, 1.54) is 6.20 Å². The molecule has 0 bridgehead atoms. The molecule has 6 heteroatoms. The molecule has 1 aliphatic rings. The summed E-state index contributed by atoms with van der Waals surface area (Å²) in [6.07, 6.45) is 6.53. The third-order valence-electron chi connectivity index (χ3n) is 3.89. The molecule has 20 heavy (non-hydrogen) atoms. The van der Waals surface area contributed by atoms with E-state index in [-0.39, 0.29) is 6.04 Å². The van der Waals surface area contributed by atoms with Gasteiger partial charge in [-0.1, -0.05) is 19.8 Å². The first-order valence-electron chi connectivity index (χ1n) is 7.25. The third kappa shape index (κ3) is 3.12. The van der Waals surface area contributed by atoms with Gasteiger partial charge in [-0.25, -0.2) is 13.4 Å². The first-order chi connectivity index (χ1) is 9.59. The van der Waals surface area contributed by atoms with Crippen LogP contribution in [0.2, 0.25) is 0 Å². The van der Waals surface area contributed by atoms with Crippen molar-refractivity contribution in [3.63, 3.8) is 0 Å². The summed E-state index contributed by atoms with van der Waals surface area (Å²) in [7, 11) is -1.69. The van der Waals surface area contributed by atoms with Crippen molar-refractivity contribution in [2.45, 2.75) is 50.0 Å². The van der Waals surface area contributed by atoms with E-state index in [2.05, 4.69) is 17.2 Å². The van der Waals surface area contributed by atoms with Gasteiger partial charge < -0.3 is 5.32 Å². The van der Waals surface area contributed by atoms with Gasteiger partial charge in [-0.2, -0.15) is 4.31 Å². The molecule has 1 aromatic rings. The van der Waals surface area contributed by atoms with Crippen molar-refractivity contribution in [3.05, 3.63) is 18.3 Å². The highest BCUT2D eigenvalue weighted by atomic mass is 32.2. The summed E-state index contributed by atoms with van der Waals surface area (Å²) >= 11 is 0. The molecule has 1 unspecified atom stereocenters. The van der Waals surface area contributed by atoms with E-state index >= 15 is 0 Å². The predicted octanol–water partition coefficient (Wildman–Crippen LogP) is 2.47. The van der Waals surface area contributed by atoms with Gasteiger partial charge in [-0.05, 0) is 25.3 Å². The molecule has 1 fully saturated rings. The lowest BCUT2D eigenvalue weighted by atomic mass is 10.1. The first-order valence-corrected chi connectivity index (χ1v) is 8.69. The van der Waals surface area contributed by atoms with Gasteiger partial charge in [0.15, 0.2) is 0 Å². The average Bonchev–Trinajstić information content (AvgIpc) is 2.72. The molecule has 0 spiro atoms. The van der Waals surface area contributed by atoms with Crippen LogP contribution in [0.25, 0.3) is 0 Å². The lowest BCUT2D eigenvalue weighted by Gasteiger charge is -2.28. The maximum absolute atomic E-state index is 12.8. The van der Waals surface area contributed by atoms with Crippen LogP contribution in [0.3, 0.4) is 0 Å². The zero-order valence-corrected chi connectivity index (χ0v) is 13.0. The minimum absolute atomic E-state index is 0.119. The molecule has 1 saturated heterocycles. The molecule has 0 amide bonds. The van der Waals surface area contributed by atoms with Crippen molar-refractivity contribution in [1.29, 1.82) is 0 Å². The van der Waals surface area contributed by atoms with E-state index in [4.69, 9.17) is 0 Å². The molecule has 1 N–H and O–H groups in total. The second kappa shape index (κ2) is 6.54. The molecule has 0 aromatic carbocycles. The largest absolute Gasteiger partial charge is 0.373 e. The Bertz CT molecular complexity index is 545. The highest BCUT2D eigenvalue weighted by molar-refractivity contribution is 7.89. The minimum atomic E-state index is -3.43. The molecule has 2 heterocycles. The molecule has 1 atom stereocenters. The van der Waals surface area contributed by atoms with Gasteiger partial charge in [-0.3, -0.25) is 0 Å². The average molecular weight is 297 g/mol. The van der Waals surface area contributed by atoms with Crippen molar-refractivity contribution < 1.29 is 8.42 Å². The normalized spacial score (nSPS) is 21.4. The van der Waals surface area contributed by atoms with Crippen LogP contribution in [0.5, 0.6) is 0 Å². The van der Waals surface area contributed by atoms with Gasteiger partial charge >= 0.3 is 0 Å². The molecule has 1 aliphatic heterocycles. The Kier molecular flexibility index (Phi) is 4.99. The van der Waals surface area contributed by atoms with E-state index in [1.807, 2.05) is 0 Å². The Morgan fingerprint density at radius 1 is 1.40 bits per heavy atom. The number of sulfonamides is 1. The topological polar surface area (TPSA) is 62.3 Å². The van der Waals surface area contributed by atoms with Crippen molar-refractivity contribution >= 4 is 15.8 Å². The van der Waals surface area contributed by atoms with Gasteiger partial charge in [0.05, 0.1) is 4.90 Å². The van der Waals surface area contributed by atoms with Gasteiger partial charge in [-0.15, -0.1) is 0 Å². The van der Waals surface area contributed by atoms with E-state index < -0.39 is 10.0 Å². The standard InChI is InChI=1S/C14H23N3O2S/c1-3-12-7-5-4-6-10-17(12)20(18,19)13-8-9-16-14(11-13)15-2/h8-9,11-12H,3-7,10H2,1-2H3,(H,15,16). The molecule has 0 saturated carbocycles. The number of hydrogen-bond acceptors (Lipinski definition) is 4. The van der Waals surface area contributed by atoms with Crippen LogP contribution in [0, 0.1) is 0 Å². The first kappa shape index (κ1) is 15.3. The summed E-state index contributed by atoms with van der Waals surface area (Å²) in [5.74, 6) is 0.578. The predicted molar refractivity (Wildman–Crippen MR) is 80.2 cm³/mol. The lowest BCUT2D eigenvalue weighted by Crippen LogP contribution is -2.39. The Hall–Kier alpha value is -1.14. The number of anilines is 1. The summed E-state index contributed by atoms with van der Waals surface area (Å²) in [4.78, 5) is 4.41. The van der Waals surface area contributed by atoms with Crippen LogP contribution in [0.1, 0.15) is 39.0 Å². The maximum Gasteiger partial charge on any atom is 0.243 e. The molecule has 2 rings (SSSR count). The monoisotopic (exact) mass is 297 g/mol. The summed E-state index contributed by atoms with van der Waals surface area (Å²) in [5, 5.41) is 2.89. The van der Waals surface area contributed by atoms with Crippen LogP contribution < -0.4 is 5.32 Å². The highest BCUT2D eigenvalue weighted by Gasteiger charge is 2.31. The Balaban J connectivity index is 2.35. The second-order valence-corrected chi connectivity index (χ2v) is 7.04. The fourth-order valence-corrected chi connectivity index (χ4v) is 4.50. The molecule has 1 aromatic heterocycles. The molecular weight excluding hydrogens is 274 g/mol. The van der Waals surface area contributed by atoms with Gasteiger partial charge in [0.1, 0.15) is 5.82 Å². The SMILES string of the molecule is CCC1CCCCCN1S(=O)(=O)c1ccnc(NC)c1. The summed E-state index contributed by atoms with van der Waals surface area (Å²) in [6.45, 7) is 2.68. The van der Waals surface area contributed by atoms with E-state index in [9.17, 15) is 8.42 Å². The lowest BCUT2D eigenvalue weighted by molar-refractivity contribution is 0.315. The van der Waals surface area contributed by atoms with Crippen molar-refractivity contribution in [2.24, 2.45) is 0 Å². The van der Waals surface area contributed by atoms with Crippen LogP contribution in [-0.2, 0) is 10.0 Å². The van der Waals surface area contributed by atoms with E-state index in [1.54, 1.807) is 23.5 Å². The van der Waals surface area contributed by atoms with Crippen molar-refractivity contribution in [3.8, 4) is 0 Å². The Labute approximate surface area is 121 Å². The fourth-order valence-electron chi connectivity index (χ4n) is 2.72. The molecule has 0 radical (unpaired) electrons. The van der Waals surface area contributed by atoms with Crippen molar-refractivity contribution in [2.75, 3.05) is 18.9 Å². The molecular formula is C14H23N3O2S. The number of hydrogen-bond donors (Lipinski definition) is 1. The Morgan fingerprint density at radius 2 is 2.20 bits per heavy atom. The number of nitrogens with one attached hydrogen (secondary N) is 1. The van der Waals surface area contributed by atoms with Crippen LogP contribution in [-0.4, -0.2) is 37.3 Å². The number of pyridine rings is 1. The summed E-state index contributed by atoms with van der Waals surface area (Å²) in [6, 6.07) is 3.30. The quantitative estimate of drug-likeness (QED) is 0.927. The smallest absolute Gasteiger partial charge is 0.243 e. The van der Waals surface area contributed by atoms with E-state index in [0.717, 1.165) is 32.1 Å². The van der Waals surface area contributed by atoms with Crippen molar-refractivity contribution in [1.82, 2.24) is 9.29 Å². The fraction of sp³-hybridized carbons (Fsp3) is 0.643. The molecule has 112 valence electrons. The van der Waals surface area contributed by atoms with Crippen LogP contribution in [0.15, 0.2) is 23.2 Å². The third-order valence-corrected chi connectivity index (χ3v) is 5.84.